The first-order valence-corrected chi connectivity index (χ1v) is 6.15. The zero-order valence-electron chi connectivity index (χ0n) is 10.1. The summed E-state index contributed by atoms with van der Waals surface area (Å²) in [4.78, 5) is 0. The van der Waals surface area contributed by atoms with Gasteiger partial charge in [-0.05, 0) is 29.9 Å². The summed E-state index contributed by atoms with van der Waals surface area (Å²) in [5.74, 6) is 0.579. The predicted molar refractivity (Wildman–Crippen MR) is 66.4 cm³/mol. The van der Waals surface area contributed by atoms with E-state index in [0.717, 1.165) is 19.4 Å². The number of hydrogen-bond donors (Lipinski definition) is 1. The first-order chi connectivity index (χ1) is 7.68. The molecule has 1 aliphatic heterocycles. The number of rotatable bonds is 2. The summed E-state index contributed by atoms with van der Waals surface area (Å²) in [6.45, 7) is 5.25. The molecule has 1 heterocycles. The van der Waals surface area contributed by atoms with E-state index in [1.54, 1.807) is 0 Å². The van der Waals surface area contributed by atoms with Crippen LogP contribution in [0.15, 0.2) is 24.3 Å². The van der Waals surface area contributed by atoms with Gasteiger partial charge in [-0.2, -0.15) is 0 Å². The fourth-order valence-corrected chi connectivity index (χ4v) is 2.22. The molecule has 1 saturated heterocycles. The van der Waals surface area contributed by atoms with Crippen molar-refractivity contribution in [2.45, 2.75) is 44.8 Å². The first-order valence-electron chi connectivity index (χ1n) is 6.15. The summed E-state index contributed by atoms with van der Waals surface area (Å²) >= 11 is 0. The number of nitrogens with two attached hydrogens (primary N) is 1. The van der Waals surface area contributed by atoms with E-state index in [0.29, 0.717) is 5.92 Å². The zero-order valence-corrected chi connectivity index (χ0v) is 10.1. The minimum Gasteiger partial charge on any atom is -0.372 e. The van der Waals surface area contributed by atoms with E-state index in [4.69, 9.17) is 10.5 Å². The molecule has 0 bridgehead atoms. The molecule has 1 fully saturated rings. The molecule has 1 aromatic carbocycles. The third-order valence-electron chi connectivity index (χ3n) is 3.30. The SMILES string of the molecule is CC(C)c1ccc(C2OCCCC2N)cc1. The summed E-state index contributed by atoms with van der Waals surface area (Å²) in [5, 5.41) is 0. The van der Waals surface area contributed by atoms with Crippen molar-refractivity contribution in [2.24, 2.45) is 5.73 Å². The smallest absolute Gasteiger partial charge is 0.0975 e. The zero-order chi connectivity index (χ0) is 11.5. The van der Waals surface area contributed by atoms with Gasteiger partial charge in [-0.1, -0.05) is 38.1 Å². The molecule has 2 rings (SSSR count). The molecule has 2 N–H and O–H groups in total. The Labute approximate surface area is 97.8 Å². The monoisotopic (exact) mass is 219 g/mol. The van der Waals surface area contributed by atoms with Crippen LogP contribution in [0.3, 0.4) is 0 Å². The van der Waals surface area contributed by atoms with Gasteiger partial charge in [0.2, 0.25) is 0 Å². The molecular formula is C14H21NO. The molecule has 1 aliphatic rings. The van der Waals surface area contributed by atoms with Gasteiger partial charge in [0, 0.05) is 12.6 Å². The minimum absolute atomic E-state index is 0.0926. The molecule has 2 nitrogen and oxygen atoms in total. The molecule has 1 aromatic rings. The van der Waals surface area contributed by atoms with Crippen LogP contribution in [0.2, 0.25) is 0 Å². The second kappa shape index (κ2) is 4.98. The molecule has 88 valence electrons. The fraction of sp³-hybridized carbons (Fsp3) is 0.571. The van der Waals surface area contributed by atoms with Crippen molar-refractivity contribution in [1.82, 2.24) is 0 Å². The van der Waals surface area contributed by atoms with Crippen LogP contribution in [0.1, 0.15) is 49.8 Å². The highest BCUT2D eigenvalue weighted by molar-refractivity contribution is 5.27. The van der Waals surface area contributed by atoms with Gasteiger partial charge in [0.25, 0.3) is 0 Å². The summed E-state index contributed by atoms with van der Waals surface area (Å²) in [6, 6.07) is 8.84. The van der Waals surface area contributed by atoms with Crippen molar-refractivity contribution in [1.29, 1.82) is 0 Å². The second-order valence-corrected chi connectivity index (χ2v) is 4.92. The minimum atomic E-state index is 0.0926. The van der Waals surface area contributed by atoms with Gasteiger partial charge in [-0.25, -0.2) is 0 Å². The summed E-state index contributed by atoms with van der Waals surface area (Å²) in [7, 11) is 0. The lowest BCUT2D eigenvalue weighted by molar-refractivity contribution is 0.000136. The standard InChI is InChI=1S/C14H21NO/c1-10(2)11-5-7-12(8-6-11)14-13(15)4-3-9-16-14/h5-8,10,13-14H,3-4,9,15H2,1-2H3. The molecule has 2 atom stereocenters. The van der Waals surface area contributed by atoms with Gasteiger partial charge in [0.15, 0.2) is 0 Å². The van der Waals surface area contributed by atoms with E-state index < -0.39 is 0 Å². The molecular weight excluding hydrogens is 198 g/mol. The Balaban J connectivity index is 2.14. The normalized spacial score (nSPS) is 26.0. The molecule has 0 spiro atoms. The Kier molecular flexibility index (Phi) is 3.62. The van der Waals surface area contributed by atoms with Crippen molar-refractivity contribution in [3.8, 4) is 0 Å². The van der Waals surface area contributed by atoms with Crippen molar-refractivity contribution < 1.29 is 4.74 Å². The maximum atomic E-state index is 6.08. The number of ether oxygens (including phenoxy) is 1. The quantitative estimate of drug-likeness (QED) is 0.830. The third-order valence-corrected chi connectivity index (χ3v) is 3.30. The highest BCUT2D eigenvalue weighted by atomic mass is 16.5. The average Bonchev–Trinajstić information content (AvgIpc) is 2.30. The summed E-state index contributed by atoms with van der Waals surface area (Å²) in [6.07, 6.45) is 2.24. The molecule has 16 heavy (non-hydrogen) atoms. The van der Waals surface area contributed by atoms with E-state index in [2.05, 4.69) is 38.1 Å². The Hall–Kier alpha value is -0.860. The molecule has 2 heteroatoms. The van der Waals surface area contributed by atoms with E-state index in [9.17, 15) is 0 Å². The second-order valence-electron chi connectivity index (χ2n) is 4.92. The Morgan fingerprint density at radius 1 is 1.25 bits per heavy atom. The lowest BCUT2D eigenvalue weighted by atomic mass is 9.94. The lowest BCUT2D eigenvalue weighted by Crippen LogP contribution is -2.34. The van der Waals surface area contributed by atoms with Crippen molar-refractivity contribution in [2.75, 3.05) is 6.61 Å². The van der Waals surface area contributed by atoms with E-state index in [-0.39, 0.29) is 12.1 Å². The Morgan fingerprint density at radius 3 is 2.50 bits per heavy atom. The van der Waals surface area contributed by atoms with Crippen LogP contribution in [-0.4, -0.2) is 12.6 Å². The van der Waals surface area contributed by atoms with E-state index in [1.165, 1.54) is 11.1 Å². The van der Waals surface area contributed by atoms with Gasteiger partial charge in [0.1, 0.15) is 0 Å². The van der Waals surface area contributed by atoms with Gasteiger partial charge >= 0.3 is 0 Å². The molecule has 0 amide bonds. The van der Waals surface area contributed by atoms with Crippen molar-refractivity contribution >= 4 is 0 Å². The lowest BCUT2D eigenvalue weighted by Gasteiger charge is -2.29. The van der Waals surface area contributed by atoms with Crippen molar-refractivity contribution in [3.63, 3.8) is 0 Å². The first kappa shape index (κ1) is 11.6. The number of benzene rings is 1. The van der Waals surface area contributed by atoms with Crippen molar-refractivity contribution in [3.05, 3.63) is 35.4 Å². The molecule has 0 saturated carbocycles. The third kappa shape index (κ3) is 2.45. The molecule has 2 unspecified atom stereocenters. The fourth-order valence-electron chi connectivity index (χ4n) is 2.22. The summed E-state index contributed by atoms with van der Waals surface area (Å²) < 4.78 is 5.75. The van der Waals surface area contributed by atoms with E-state index in [1.807, 2.05) is 0 Å². The van der Waals surface area contributed by atoms with Gasteiger partial charge < -0.3 is 10.5 Å². The van der Waals surface area contributed by atoms with Crippen LogP contribution < -0.4 is 5.73 Å². The highest BCUT2D eigenvalue weighted by Crippen LogP contribution is 2.28. The molecule has 0 aromatic heterocycles. The van der Waals surface area contributed by atoms with Gasteiger partial charge in [-0.3, -0.25) is 0 Å². The maximum absolute atomic E-state index is 6.08. The molecule has 0 radical (unpaired) electrons. The number of hydrogen-bond acceptors (Lipinski definition) is 2. The van der Waals surface area contributed by atoms with Gasteiger partial charge in [-0.15, -0.1) is 0 Å². The topological polar surface area (TPSA) is 35.2 Å². The Morgan fingerprint density at radius 2 is 1.94 bits per heavy atom. The van der Waals surface area contributed by atoms with Crippen LogP contribution in [0.5, 0.6) is 0 Å². The molecule has 0 aliphatic carbocycles. The van der Waals surface area contributed by atoms with Gasteiger partial charge in [0.05, 0.1) is 6.10 Å². The Bertz CT molecular complexity index is 331. The van der Waals surface area contributed by atoms with Crippen LogP contribution in [0, 0.1) is 0 Å². The van der Waals surface area contributed by atoms with Crippen LogP contribution in [-0.2, 0) is 4.74 Å². The van der Waals surface area contributed by atoms with Crippen LogP contribution in [0.4, 0.5) is 0 Å². The average molecular weight is 219 g/mol. The maximum Gasteiger partial charge on any atom is 0.0975 e. The van der Waals surface area contributed by atoms with Crippen LogP contribution in [0.25, 0.3) is 0 Å². The van der Waals surface area contributed by atoms with Crippen LogP contribution >= 0.6 is 0 Å². The van der Waals surface area contributed by atoms with E-state index >= 15 is 0 Å². The largest absolute Gasteiger partial charge is 0.372 e. The highest BCUT2D eigenvalue weighted by Gasteiger charge is 2.23. The predicted octanol–water partition coefficient (Wildman–Crippen LogP) is 2.99. The summed E-state index contributed by atoms with van der Waals surface area (Å²) in [5.41, 5.74) is 8.67.